The third-order valence-corrected chi connectivity index (χ3v) is 6.80. The Balaban J connectivity index is 1.63. The van der Waals surface area contributed by atoms with Crippen LogP contribution in [0.3, 0.4) is 0 Å². The highest BCUT2D eigenvalue weighted by Gasteiger charge is 2.31. The number of piperazine rings is 1. The minimum Gasteiger partial charge on any atom is -0.335 e. The molecule has 1 aromatic carbocycles. The van der Waals surface area contributed by atoms with Crippen LogP contribution in [0.4, 0.5) is 0 Å². The van der Waals surface area contributed by atoms with Crippen LogP contribution in [0.1, 0.15) is 11.3 Å². The summed E-state index contributed by atoms with van der Waals surface area (Å²) in [7, 11) is -3.49. The summed E-state index contributed by atoms with van der Waals surface area (Å²) in [6.45, 7) is 5.75. The molecule has 0 bridgehead atoms. The van der Waals surface area contributed by atoms with E-state index in [0.717, 1.165) is 11.3 Å². The Bertz CT molecular complexity index is 890. The van der Waals surface area contributed by atoms with Gasteiger partial charge in [0.2, 0.25) is 16.6 Å². The monoisotopic (exact) mass is 374 g/mol. The molecule has 138 valence electrons. The topological polar surface area (TPSA) is 61.6 Å². The average Bonchev–Trinajstić information content (AvgIpc) is 2.66. The number of sulfonamides is 1. The Kier molecular flexibility index (Phi) is 5.38. The van der Waals surface area contributed by atoms with Gasteiger partial charge >= 0.3 is 0 Å². The number of carbonyl (C=O) groups excluding carboxylic acids is 1. The molecule has 2 aromatic rings. The second-order valence-electron chi connectivity index (χ2n) is 6.50. The number of hydrogen-bond donors (Lipinski definition) is 0. The average molecular weight is 374 g/mol. The van der Waals surface area contributed by atoms with Crippen molar-refractivity contribution in [2.24, 2.45) is 0 Å². The Morgan fingerprint density at radius 3 is 2.31 bits per heavy atom. The largest absolute Gasteiger partial charge is 0.335 e. The molecular formula is C19H24N3O3S+. The minimum absolute atomic E-state index is 0.0143. The molecule has 2 heterocycles. The van der Waals surface area contributed by atoms with Crippen molar-refractivity contribution in [2.45, 2.75) is 25.3 Å². The van der Waals surface area contributed by atoms with Gasteiger partial charge < -0.3 is 4.90 Å². The van der Waals surface area contributed by atoms with E-state index in [-0.39, 0.29) is 12.5 Å². The summed E-state index contributed by atoms with van der Waals surface area (Å²) in [5, 5.41) is 0. The lowest BCUT2D eigenvalue weighted by Gasteiger charge is -2.33. The summed E-state index contributed by atoms with van der Waals surface area (Å²) in [5.41, 5.74) is 2.20. The third kappa shape index (κ3) is 3.78. The van der Waals surface area contributed by atoms with Crippen LogP contribution in [0.15, 0.2) is 53.6 Å². The number of amides is 1. The van der Waals surface area contributed by atoms with E-state index >= 15 is 0 Å². The smallest absolute Gasteiger partial charge is 0.288 e. The van der Waals surface area contributed by atoms with Gasteiger partial charge in [-0.1, -0.05) is 18.2 Å². The summed E-state index contributed by atoms with van der Waals surface area (Å²) < 4.78 is 28.7. The minimum atomic E-state index is -3.49. The fraction of sp³-hybridized carbons (Fsp3) is 0.368. The van der Waals surface area contributed by atoms with Gasteiger partial charge in [0.05, 0.1) is 4.90 Å². The molecule has 6 nitrogen and oxygen atoms in total. The van der Waals surface area contributed by atoms with Gasteiger partial charge in [-0.3, -0.25) is 4.79 Å². The van der Waals surface area contributed by atoms with Crippen LogP contribution in [0.2, 0.25) is 0 Å². The number of aryl methyl sites for hydroxylation is 1. The van der Waals surface area contributed by atoms with Crippen molar-refractivity contribution in [1.82, 2.24) is 9.21 Å². The molecule has 0 unspecified atom stereocenters. The molecule has 1 amide bonds. The maximum atomic E-state index is 12.7. The normalized spacial score (nSPS) is 15.8. The Morgan fingerprint density at radius 1 is 1.00 bits per heavy atom. The van der Waals surface area contributed by atoms with Crippen molar-refractivity contribution in [3.63, 3.8) is 0 Å². The van der Waals surface area contributed by atoms with Crippen molar-refractivity contribution >= 4 is 15.9 Å². The molecule has 1 fully saturated rings. The summed E-state index contributed by atoms with van der Waals surface area (Å²) in [6.07, 6.45) is 1.90. The van der Waals surface area contributed by atoms with Crippen molar-refractivity contribution in [1.29, 1.82) is 0 Å². The highest BCUT2D eigenvalue weighted by Crippen LogP contribution is 2.17. The van der Waals surface area contributed by atoms with Gasteiger partial charge in [0.15, 0.2) is 11.9 Å². The zero-order valence-electron chi connectivity index (χ0n) is 15.1. The number of benzene rings is 1. The van der Waals surface area contributed by atoms with Crippen molar-refractivity contribution in [3.8, 4) is 0 Å². The molecule has 3 rings (SSSR count). The lowest BCUT2D eigenvalue weighted by Crippen LogP contribution is -2.54. The van der Waals surface area contributed by atoms with E-state index in [1.165, 1.54) is 4.31 Å². The van der Waals surface area contributed by atoms with Crippen LogP contribution >= 0.6 is 0 Å². The third-order valence-electron chi connectivity index (χ3n) is 4.89. The van der Waals surface area contributed by atoms with E-state index in [1.54, 1.807) is 35.2 Å². The first-order valence-electron chi connectivity index (χ1n) is 8.68. The number of hydrogen-bond acceptors (Lipinski definition) is 3. The van der Waals surface area contributed by atoms with E-state index in [0.29, 0.717) is 31.1 Å². The second kappa shape index (κ2) is 7.55. The SMILES string of the molecule is Cc1ccc[n+](CC(=O)N2CCN(S(=O)(=O)c3ccccc3)CC2)c1C. The number of rotatable bonds is 4. The van der Waals surface area contributed by atoms with Gasteiger partial charge in [-0.2, -0.15) is 8.87 Å². The Hall–Kier alpha value is -2.25. The molecule has 0 saturated carbocycles. The van der Waals surface area contributed by atoms with Crippen LogP contribution in [0.5, 0.6) is 0 Å². The van der Waals surface area contributed by atoms with Gasteiger partial charge in [-0.15, -0.1) is 0 Å². The number of carbonyl (C=O) groups is 1. The highest BCUT2D eigenvalue weighted by atomic mass is 32.2. The zero-order valence-corrected chi connectivity index (χ0v) is 15.9. The predicted molar refractivity (Wildman–Crippen MR) is 97.9 cm³/mol. The van der Waals surface area contributed by atoms with Gasteiger partial charge in [0.25, 0.3) is 5.91 Å². The van der Waals surface area contributed by atoms with Crippen LogP contribution in [-0.4, -0.2) is 49.7 Å². The van der Waals surface area contributed by atoms with Crippen LogP contribution < -0.4 is 4.57 Å². The molecule has 1 saturated heterocycles. The first-order valence-corrected chi connectivity index (χ1v) is 10.1. The molecule has 7 heteroatoms. The van der Waals surface area contributed by atoms with E-state index in [4.69, 9.17) is 0 Å². The molecule has 26 heavy (non-hydrogen) atoms. The predicted octanol–water partition coefficient (Wildman–Crippen LogP) is 1.12. The summed E-state index contributed by atoms with van der Waals surface area (Å²) in [6, 6.07) is 12.4. The van der Waals surface area contributed by atoms with Crippen LogP contribution in [0.25, 0.3) is 0 Å². The molecule has 0 spiro atoms. The number of nitrogens with zero attached hydrogens (tertiary/aromatic N) is 3. The number of pyridine rings is 1. The highest BCUT2D eigenvalue weighted by molar-refractivity contribution is 7.89. The summed E-state index contributed by atoms with van der Waals surface area (Å²) >= 11 is 0. The van der Waals surface area contributed by atoms with Crippen molar-refractivity contribution in [2.75, 3.05) is 26.2 Å². The maximum absolute atomic E-state index is 12.7. The zero-order chi connectivity index (χ0) is 18.7. The maximum Gasteiger partial charge on any atom is 0.288 e. The van der Waals surface area contributed by atoms with Crippen LogP contribution in [-0.2, 0) is 21.4 Å². The molecular weight excluding hydrogens is 350 g/mol. The lowest BCUT2D eigenvalue weighted by molar-refractivity contribution is -0.691. The van der Waals surface area contributed by atoms with E-state index < -0.39 is 10.0 Å². The molecule has 0 radical (unpaired) electrons. The fourth-order valence-corrected chi connectivity index (χ4v) is 4.53. The second-order valence-corrected chi connectivity index (χ2v) is 8.44. The fourth-order valence-electron chi connectivity index (χ4n) is 3.09. The molecule has 1 aliphatic rings. The molecule has 0 N–H and O–H groups in total. The molecule has 1 aromatic heterocycles. The Morgan fingerprint density at radius 2 is 1.65 bits per heavy atom. The first-order chi connectivity index (χ1) is 12.4. The van der Waals surface area contributed by atoms with Gasteiger partial charge in [0, 0.05) is 44.7 Å². The lowest BCUT2D eigenvalue weighted by atomic mass is 10.2. The van der Waals surface area contributed by atoms with E-state index in [2.05, 4.69) is 0 Å². The van der Waals surface area contributed by atoms with Gasteiger partial charge in [-0.05, 0) is 25.1 Å². The quantitative estimate of drug-likeness (QED) is 0.754. The van der Waals surface area contributed by atoms with Gasteiger partial charge in [-0.25, -0.2) is 8.42 Å². The number of aromatic nitrogens is 1. The van der Waals surface area contributed by atoms with Crippen molar-refractivity contribution < 1.29 is 17.8 Å². The molecule has 0 aliphatic carbocycles. The molecule has 1 aliphatic heterocycles. The standard InChI is InChI=1S/C19H24N3O3S/c1-16-7-6-10-21(17(16)2)15-19(23)20-11-13-22(14-12-20)26(24,25)18-8-4-3-5-9-18/h3-10H,11-15H2,1-2H3/q+1. The summed E-state index contributed by atoms with van der Waals surface area (Å²) in [5.74, 6) is 0.0143. The van der Waals surface area contributed by atoms with Crippen molar-refractivity contribution in [3.05, 3.63) is 59.9 Å². The van der Waals surface area contributed by atoms with E-state index in [1.807, 2.05) is 36.7 Å². The summed E-state index contributed by atoms with van der Waals surface area (Å²) in [4.78, 5) is 14.6. The van der Waals surface area contributed by atoms with Gasteiger partial charge in [0.1, 0.15) is 0 Å². The molecule has 0 atom stereocenters. The first kappa shape index (κ1) is 18.5. The Labute approximate surface area is 154 Å². The van der Waals surface area contributed by atoms with Crippen LogP contribution in [0, 0.1) is 13.8 Å². The van der Waals surface area contributed by atoms with E-state index in [9.17, 15) is 13.2 Å².